The van der Waals surface area contributed by atoms with Gasteiger partial charge in [-0.05, 0) is 49.4 Å². The molecule has 144 valence electrons. The number of hydrogen-bond donors (Lipinski definition) is 1. The van der Waals surface area contributed by atoms with Crippen LogP contribution in [0.4, 0.5) is 0 Å². The van der Waals surface area contributed by atoms with Crippen molar-refractivity contribution in [3.8, 4) is 0 Å². The molecule has 2 aromatic carbocycles. The number of nitrogens with zero attached hydrogens (tertiary/aromatic N) is 2. The topological polar surface area (TPSA) is 54.3 Å². The van der Waals surface area contributed by atoms with E-state index in [1.807, 2.05) is 54.3 Å². The Hall–Kier alpha value is -3.08. The SMILES string of the molecule is Cc1cc2ccccc2n1CC(=O)N1CCC(NC(=O)c2ccccc2)CC1. The van der Waals surface area contributed by atoms with Gasteiger partial charge in [-0.2, -0.15) is 0 Å². The molecule has 1 fully saturated rings. The number of piperidine rings is 1. The zero-order chi connectivity index (χ0) is 19.5. The molecular weight excluding hydrogens is 350 g/mol. The fourth-order valence-corrected chi connectivity index (χ4v) is 3.92. The second-order valence-electron chi connectivity index (χ2n) is 7.43. The number of carbonyl (C=O) groups is 2. The number of likely N-dealkylation sites (tertiary alicyclic amines) is 1. The maximum Gasteiger partial charge on any atom is 0.251 e. The summed E-state index contributed by atoms with van der Waals surface area (Å²) in [5, 5.41) is 4.25. The normalized spacial score (nSPS) is 15.0. The van der Waals surface area contributed by atoms with Crippen molar-refractivity contribution in [3.63, 3.8) is 0 Å². The largest absolute Gasteiger partial charge is 0.349 e. The van der Waals surface area contributed by atoms with Crippen LogP contribution in [0.25, 0.3) is 10.9 Å². The van der Waals surface area contributed by atoms with Crippen LogP contribution in [0, 0.1) is 6.92 Å². The summed E-state index contributed by atoms with van der Waals surface area (Å²) in [6.45, 7) is 3.76. The molecule has 0 unspecified atom stereocenters. The standard InChI is InChI=1S/C23H25N3O2/c1-17-15-19-9-5-6-10-21(19)26(17)16-22(27)25-13-11-20(12-14-25)24-23(28)18-7-3-2-4-8-18/h2-10,15,20H,11-14,16H2,1H3,(H,24,28). The third-order valence-electron chi connectivity index (χ3n) is 5.53. The Labute approximate surface area is 165 Å². The van der Waals surface area contributed by atoms with Crippen LogP contribution >= 0.6 is 0 Å². The molecule has 4 rings (SSSR count). The van der Waals surface area contributed by atoms with Crippen LogP contribution in [-0.2, 0) is 11.3 Å². The Morgan fingerprint density at radius 2 is 1.68 bits per heavy atom. The molecule has 28 heavy (non-hydrogen) atoms. The van der Waals surface area contributed by atoms with Crippen LogP contribution in [0.15, 0.2) is 60.7 Å². The number of carbonyl (C=O) groups excluding carboxylic acids is 2. The number of aromatic nitrogens is 1. The first-order valence-corrected chi connectivity index (χ1v) is 9.80. The van der Waals surface area contributed by atoms with Gasteiger partial charge in [0.25, 0.3) is 5.91 Å². The van der Waals surface area contributed by atoms with Crippen LogP contribution in [0.5, 0.6) is 0 Å². The maximum absolute atomic E-state index is 12.8. The lowest BCUT2D eigenvalue weighted by molar-refractivity contribution is -0.132. The minimum absolute atomic E-state index is 0.0418. The van der Waals surface area contributed by atoms with E-state index in [4.69, 9.17) is 0 Å². The molecule has 1 N–H and O–H groups in total. The van der Waals surface area contributed by atoms with Crippen molar-refractivity contribution in [2.75, 3.05) is 13.1 Å². The average Bonchev–Trinajstić information content (AvgIpc) is 3.04. The lowest BCUT2D eigenvalue weighted by Gasteiger charge is -2.32. The van der Waals surface area contributed by atoms with Crippen LogP contribution in [0.3, 0.4) is 0 Å². The molecule has 1 saturated heterocycles. The van der Waals surface area contributed by atoms with Crippen LogP contribution in [0.2, 0.25) is 0 Å². The van der Waals surface area contributed by atoms with E-state index in [1.54, 1.807) is 0 Å². The minimum Gasteiger partial charge on any atom is -0.349 e. The maximum atomic E-state index is 12.8. The highest BCUT2D eigenvalue weighted by atomic mass is 16.2. The van der Waals surface area contributed by atoms with Gasteiger partial charge in [-0.15, -0.1) is 0 Å². The third-order valence-corrected chi connectivity index (χ3v) is 5.53. The van der Waals surface area contributed by atoms with Crippen LogP contribution in [-0.4, -0.2) is 40.4 Å². The van der Waals surface area contributed by atoms with Gasteiger partial charge in [0, 0.05) is 35.9 Å². The Morgan fingerprint density at radius 3 is 2.43 bits per heavy atom. The second kappa shape index (κ2) is 7.89. The van der Waals surface area contributed by atoms with Gasteiger partial charge in [-0.3, -0.25) is 9.59 Å². The number of benzene rings is 2. The molecule has 0 aliphatic carbocycles. The average molecular weight is 375 g/mol. The molecule has 1 aliphatic heterocycles. The van der Waals surface area contributed by atoms with Crippen molar-refractivity contribution in [3.05, 3.63) is 71.9 Å². The lowest BCUT2D eigenvalue weighted by Crippen LogP contribution is -2.47. The molecule has 2 amide bonds. The molecule has 1 aliphatic rings. The van der Waals surface area contributed by atoms with E-state index in [-0.39, 0.29) is 17.9 Å². The van der Waals surface area contributed by atoms with Crippen molar-refractivity contribution in [2.45, 2.75) is 32.4 Å². The zero-order valence-corrected chi connectivity index (χ0v) is 16.1. The van der Waals surface area contributed by atoms with E-state index in [0.717, 1.165) is 29.4 Å². The van der Waals surface area contributed by atoms with Gasteiger partial charge in [0.05, 0.1) is 0 Å². The first-order chi connectivity index (χ1) is 13.6. The van der Waals surface area contributed by atoms with E-state index in [9.17, 15) is 9.59 Å². The summed E-state index contributed by atoms with van der Waals surface area (Å²) in [5.41, 5.74) is 2.87. The van der Waals surface area contributed by atoms with E-state index in [1.165, 1.54) is 0 Å². The molecule has 2 heterocycles. The summed E-state index contributed by atoms with van der Waals surface area (Å²) in [6.07, 6.45) is 1.57. The van der Waals surface area contributed by atoms with Gasteiger partial charge < -0.3 is 14.8 Å². The molecule has 0 saturated carbocycles. The fraction of sp³-hybridized carbons (Fsp3) is 0.304. The molecule has 5 nitrogen and oxygen atoms in total. The number of fused-ring (bicyclic) bond motifs is 1. The van der Waals surface area contributed by atoms with Gasteiger partial charge in [-0.25, -0.2) is 0 Å². The van der Waals surface area contributed by atoms with Gasteiger partial charge in [0.2, 0.25) is 5.91 Å². The summed E-state index contributed by atoms with van der Waals surface area (Å²) >= 11 is 0. The molecule has 5 heteroatoms. The summed E-state index contributed by atoms with van der Waals surface area (Å²) in [7, 11) is 0. The smallest absolute Gasteiger partial charge is 0.251 e. The number of aryl methyl sites for hydroxylation is 1. The summed E-state index contributed by atoms with van der Waals surface area (Å²) in [6, 6.07) is 19.6. The quantitative estimate of drug-likeness (QED) is 0.760. The molecule has 3 aromatic rings. The summed E-state index contributed by atoms with van der Waals surface area (Å²) in [5.74, 6) is 0.0945. The van der Waals surface area contributed by atoms with Crippen LogP contribution in [0.1, 0.15) is 28.9 Å². The molecule has 1 aromatic heterocycles. The third kappa shape index (κ3) is 3.79. The predicted octanol–water partition coefficient (Wildman–Crippen LogP) is 3.37. The second-order valence-corrected chi connectivity index (χ2v) is 7.43. The molecule has 0 spiro atoms. The van der Waals surface area contributed by atoms with E-state index in [0.29, 0.717) is 25.2 Å². The number of hydrogen-bond acceptors (Lipinski definition) is 2. The Kier molecular flexibility index (Phi) is 5.15. The van der Waals surface area contributed by atoms with Gasteiger partial charge >= 0.3 is 0 Å². The predicted molar refractivity (Wildman–Crippen MR) is 110 cm³/mol. The van der Waals surface area contributed by atoms with Crippen molar-refractivity contribution >= 4 is 22.7 Å². The number of amides is 2. The monoisotopic (exact) mass is 375 g/mol. The van der Waals surface area contributed by atoms with Gasteiger partial charge in [0.15, 0.2) is 0 Å². The highest BCUT2D eigenvalue weighted by Crippen LogP contribution is 2.20. The Bertz CT molecular complexity index is 986. The summed E-state index contributed by atoms with van der Waals surface area (Å²) in [4.78, 5) is 27.1. The van der Waals surface area contributed by atoms with Crippen molar-refractivity contribution < 1.29 is 9.59 Å². The van der Waals surface area contributed by atoms with Gasteiger partial charge in [0.1, 0.15) is 6.54 Å². The highest BCUT2D eigenvalue weighted by molar-refractivity contribution is 5.94. The van der Waals surface area contributed by atoms with Crippen molar-refractivity contribution in [1.82, 2.24) is 14.8 Å². The van der Waals surface area contributed by atoms with E-state index >= 15 is 0 Å². The number of rotatable bonds is 4. The number of para-hydroxylation sites is 1. The fourth-order valence-electron chi connectivity index (χ4n) is 3.92. The van der Waals surface area contributed by atoms with E-state index in [2.05, 4.69) is 28.1 Å². The first-order valence-electron chi connectivity index (χ1n) is 9.80. The number of nitrogens with one attached hydrogen (secondary N) is 1. The molecule has 0 radical (unpaired) electrons. The molecular formula is C23H25N3O2. The van der Waals surface area contributed by atoms with Gasteiger partial charge in [-0.1, -0.05) is 36.4 Å². The van der Waals surface area contributed by atoms with Crippen LogP contribution < -0.4 is 5.32 Å². The first kappa shape index (κ1) is 18.3. The minimum atomic E-state index is -0.0418. The summed E-state index contributed by atoms with van der Waals surface area (Å²) < 4.78 is 2.08. The Balaban J connectivity index is 1.34. The zero-order valence-electron chi connectivity index (χ0n) is 16.1. The molecule has 0 bridgehead atoms. The Morgan fingerprint density at radius 1 is 1.00 bits per heavy atom. The van der Waals surface area contributed by atoms with Crippen molar-refractivity contribution in [2.24, 2.45) is 0 Å². The van der Waals surface area contributed by atoms with E-state index < -0.39 is 0 Å². The van der Waals surface area contributed by atoms with Crippen molar-refractivity contribution in [1.29, 1.82) is 0 Å². The lowest BCUT2D eigenvalue weighted by atomic mass is 10.0. The molecule has 0 atom stereocenters. The highest BCUT2D eigenvalue weighted by Gasteiger charge is 2.24.